The topological polar surface area (TPSA) is 78.5 Å². The van der Waals surface area contributed by atoms with E-state index in [1.807, 2.05) is 24.3 Å². The van der Waals surface area contributed by atoms with Crippen molar-refractivity contribution in [2.45, 2.75) is 45.2 Å². The number of urea groups is 1. The van der Waals surface area contributed by atoms with E-state index >= 15 is 0 Å². The molecule has 6 nitrogen and oxygen atoms in total. The number of imide groups is 1. The Morgan fingerprint density at radius 1 is 1.13 bits per heavy atom. The van der Waals surface area contributed by atoms with Crippen molar-refractivity contribution in [2.24, 2.45) is 0 Å². The monoisotopic (exact) mass is 411 g/mol. The van der Waals surface area contributed by atoms with Crippen LogP contribution in [0.25, 0.3) is 0 Å². The quantitative estimate of drug-likeness (QED) is 0.686. The van der Waals surface area contributed by atoms with Gasteiger partial charge in [0, 0.05) is 0 Å². The first kappa shape index (κ1) is 21.5. The van der Waals surface area contributed by atoms with E-state index in [9.17, 15) is 18.8 Å². The van der Waals surface area contributed by atoms with Crippen molar-refractivity contribution in [3.63, 3.8) is 0 Å². The number of halogens is 1. The molecule has 2 atom stereocenters. The zero-order valence-corrected chi connectivity index (χ0v) is 17.4. The summed E-state index contributed by atoms with van der Waals surface area (Å²) in [5.41, 5.74) is 1.33. The number of hydrogen-bond donors (Lipinski definition) is 2. The van der Waals surface area contributed by atoms with Crippen LogP contribution in [0.3, 0.4) is 0 Å². The maximum absolute atomic E-state index is 13.1. The Balaban J connectivity index is 1.68. The van der Waals surface area contributed by atoms with Crippen LogP contribution in [0.4, 0.5) is 9.18 Å². The Labute approximate surface area is 175 Å². The van der Waals surface area contributed by atoms with E-state index in [-0.39, 0.29) is 12.4 Å². The van der Waals surface area contributed by atoms with Crippen molar-refractivity contribution < 1.29 is 18.8 Å². The molecule has 1 fully saturated rings. The second-order valence-corrected chi connectivity index (χ2v) is 7.73. The van der Waals surface area contributed by atoms with Crippen molar-refractivity contribution in [1.29, 1.82) is 0 Å². The first-order chi connectivity index (χ1) is 14.2. The fourth-order valence-corrected chi connectivity index (χ4v) is 3.60. The number of hydrogen-bond acceptors (Lipinski definition) is 3. The summed E-state index contributed by atoms with van der Waals surface area (Å²) >= 11 is 0. The molecule has 1 saturated heterocycles. The second kappa shape index (κ2) is 8.65. The molecule has 0 spiro atoms. The lowest BCUT2D eigenvalue weighted by atomic mass is 9.91. The first-order valence-electron chi connectivity index (χ1n) is 10.0. The fraction of sp³-hybridized carbons (Fsp3) is 0.348. The summed E-state index contributed by atoms with van der Waals surface area (Å²) in [6, 6.07) is 12.3. The van der Waals surface area contributed by atoms with Crippen molar-refractivity contribution in [3.05, 3.63) is 71.0 Å². The number of nitrogens with zero attached hydrogens (tertiary/aromatic N) is 1. The van der Waals surface area contributed by atoms with Gasteiger partial charge in [-0.15, -0.1) is 0 Å². The SMILES string of the molecule is CCCc1ccc(C2(C)NC(=O)N(CC(=O)NC(C)c3ccc(F)cc3)C2=O)cc1. The standard InChI is InChI=1S/C23H26FN3O3/c1-4-5-16-6-10-18(11-7-16)23(3)21(29)27(22(30)26-23)14-20(28)25-15(2)17-8-12-19(24)13-9-17/h6-13,15H,4-5,14H2,1-3H3,(H,25,28)(H,26,30). The lowest BCUT2D eigenvalue weighted by Gasteiger charge is -2.22. The number of benzene rings is 2. The van der Waals surface area contributed by atoms with E-state index in [0.717, 1.165) is 28.9 Å². The van der Waals surface area contributed by atoms with Gasteiger partial charge in [-0.3, -0.25) is 14.5 Å². The van der Waals surface area contributed by atoms with Gasteiger partial charge in [-0.1, -0.05) is 49.7 Å². The van der Waals surface area contributed by atoms with E-state index in [1.54, 1.807) is 26.0 Å². The third-order valence-corrected chi connectivity index (χ3v) is 5.39. The second-order valence-electron chi connectivity index (χ2n) is 7.73. The van der Waals surface area contributed by atoms with Crippen LogP contribution >= 0.6 is 0 Å². The van der Waals surface area contributed by atoms with E-state index in [2.05, 4.69) is 17.6 Å². The van der Waals surface area contributed by atoms with E-state index in [1.165, 1.54) is 12.1 Å². The van der Waals surface area contributed by atoms with E-state index in [0.29, 0.717) is 5.56 Å². The zero-order chi connectivity index (χ0) is 21.9. The molecule has 158 valence electrons. The number of rotatable bonds is 7. The van der Waals surface area contributed by atoms with Crippen molar-refractivity contribution in [2.75, 3.05) is 6.54 Å². The van der Waals surface area contributed by atoms with Gasteiger partial charge in [0.2, 0.25) is 5.91 Å². The summed E-state index contributed by atoms with van der Waals surface area (Å²) in [6.07, 6.45) is 1.96. The van der Waals surface area contributed by atoms with Crippen LogP contribution in [0.2, 0.25) is 0 Å². The molecule has 2 N–H and O–H groups in total. The number of carbonyl (C=O) groups excluding carboxylic acids is 3. The smallest absolute Gasteiger partial charge is 0.325 e. The van der Waals surface area contributed by atoms with Crippen LogP contribution in [-0.4, -0.2) is 29.3 Å². The molecule has 0 saturated carbocycles. The van der Waals surface area contributed by atoms with E-state index in [4.69, 9.17) is 0 Å². The third kappa shape index (κ3) is 4.35. The van der Waals surface area contributed by atoms with Gasteiger partial charge < -0.3 is 10.6 Å². The predicted molar refractivity (Wildman–Crippen MR) is 111 cm³/mol. The van der Waals surface area contributed by atoms with Gasteiger partial charge in [0.25, 0.3) is 5.91 Å². The van der Waals surface area contributed by atoms with Gasteiger partial charge in [0.15, 0.2) is 0 Å². The number of amides is 4. The maximum Gasteiger partial charge on any atom is 0.325 e. The molecule has 0 radical (unpaired) electrons. The molecular formula is C23H26FN3O3. The van der Waals surface area contributed by atoms with Gasteiger partial charge in [0.1, 0.15) is 17.9 Å². The highest BCUT2D eigenvalue weighted by atomic mass is 19.1. The Kier molecular flexibility index (Phi) is 6.20. The minimum absolute atomic E-state index is 0.362. The summed E-state index contributed by atoms with van der Waals surface area (Å²) in [7, 11) is 0. The molecule has 1 aliphatic rings. The molecule has 0 bridgehead atoms. The summed E-state index contributed by atoms with van der Waals surface area (Å²) in [6.45, 7) is 5.09. The molecule has 30 heavy (non-hydrogen) atoms. The van der Waals surface area contributed by atoms with Crippen LogP contribution < -0.4 is 10.6 Å². The van der Waals surface area contributed by atoms with Gasteiger partial charge >= 0.3 is 6.03 Å². The highest BCUT2D eigenvalue weighted by molar-refractivity contribution is 6.09. The van der Waals surface area contributed by atoms with Crippen LogP contribution in [-0.2, 0) is 21.5 Å². The minimum atomic E-state index is -1.22. The largest absolute Gasteiger partial charge is 0.348 e. The molecule has 1 aliphatic heterocycles. The number of aryl methyl sites for hydroxylation is 1. The highest BCUT2D eigenvalue weighted by Crippen LogP contribution is 2.29. The maximum atomic E-state index is 13.1. The normalized spacial score (nSPS) is 19.5. The lowest BCUT2D eigenvalue weighted by molar-refractivity contribution is -0.135. The molecule has 3 rings (SSSR count). The van der Waals surface area contributed by atoms with E-state index < -0.39 is 29.4 Å². The number of carbonyl (C=O) groups is 3. The molecule has 7 heteroatoms. The Hall–Kier alpha value is -3.22. The fourth-order valence-electron chi connectivity index (χ4n) is 3.60. The van der Waals surface area contributed by atoms with Crippen LogP contribution in [0.15, 0.2) is 48.5 Å². The first-order valence-corrected chi connectivity index (χ1v) is 10.0. The van der Waals surface area contributed by atoms with Gasteiger partial charge in [-0.2, -0.15) is 0 Å². The average Bonchev–Trinajstić information content (AvgIpc) is 2.93. The molecule has 2 unspecified atom stereocenters. The molecule has 2 aromatic carbocycles. The van der Waals surface area contributed by atoms with Gasteiger partial charge in [0.05, 0.1) is 6.04 Å². The molecule has 1 heterocycles. The minimum Gasteiger partial charge on any atom is -0.348 e. The van der Waals surface area contributed by atoms with Crippen LogP contribution in [0.5, 0.6) is 0 Å². The molecule has 0 aliphatic carbocycles. The lowest BCUT2D eigenvalue weighted by Crippen LogP contribution is -2.43. The summed E-state index contributed by atoms with van der Waals surface area (Å²) < 4.78 is 13.1. The van der Waals surface area contributed by atoms with Crippen molar-refractivity contribution in [3.8, 4) is 0 Å². The zero-order valence-electron chi connectivity index (χ0n) is 17.4. The van der Waals surface area contributed by atoms with Crippen molar-refractivity contribution >= 4 is 17.8 Å². The summed E-state index contributed by atoms with van der Waals surface area (Å²) in [5, 5.41) is 5.45. The summed E-state index contributed by atoms with van der Waals surface area (Å²) in [5.74, 6) is -1.31. The summed E-state index contributed by atoms with van der Waals surface area (Å²) in [4.78, 5) is 38.8. The molecular weight excluding hydrogens is 385 g/mol. The Morgan fingerprint density at radius 3 is 2.37 bits per heavy atom. The Morgan fingerprint density at radius 2 is 1.77 bits per heavy atom. The molecule has 4 amide bonds. The molecule has 0 aromatic heterocycles. The van der Waals surface area contributed by atoms with Crippen LogP contribution in [0, 0.1) is 5.82 Å². The predicted octanol–water partition coefficient (Wildman–Crippen LogP) is 3.42. The highest BCUT2D eigenvalue weighted by Gasteiger charge is 2.49. The Bertz CT molecular complexity index is 943. The van der Waals surface area contributed by atoms with Crippen LogP contribution in [0.1, 0.15) is 49.9 Å². The van der Waals surface area contributed by atoms with Gasteiger partial charge in [-0.25, -0.2) is 9.18 Å². The van der Waals surface area contributed by atoms with Crippen molar-refractivity contribution in [1.82, 2.24) is 15.5 Å². The average molecular weight is 411 g/mol. The molecule has 2 aromatic rings. The van der Waals surface area contributed by atoms with Gasteiger partial charge in [-0.05, 0) is 49.1 Å². The number of nitrogens with one attached hydrogen (secondary N) is 2. The third-order valence-electron chi connectivity index (χ3n) is 5.39.